The first-order valence-electron chi connectivity index (χ1n) is 8.64. The highest BCUT2D eigenvalue weighted by molar-refractivity contribution is 5.54. The molecule has 0 atom stereocenters. The molecule has 1 saturated carbocycles. The minimum absolute atomic E-state index is 0.148. The molecule has 0 unspecified atom stereocenters. The predicted molar refractivity (Wildman–Crippen MR) is 90.9 cm³/mol. The lowest BCUT2D eigenvalue weighted by Gasteiger charge is -2.15. The van der Waals surface area contributed by atoms with Crippen molar-refractivity contribution >= 4 is 5.69 Å². The fourth-order valence-corrected chi connectivity index (χ4v) is 2.94. The van der Waals surface area contributed by atoms with Gasteiger partial charge in [0.25, 0.3) is 0 Å². The first kappa shape index (κ1) is 19.9. The Labute approximate surface area is 157 Å². The summed E-state index contributed by atoms with van der Waals surface area (Å²) in [5.74, 6) is 5.19. The van der Waals surface area contributed by atoms with Crippen LogP contribution in [0.5, 0.6) is 5.88 Å². The number of nitrogens with two attached hydrogens (primary N) is 1. The number of pyridine rings is 1. The third-order valence-corrected chi connectivity index (χ3v) is 4.31. The van der Waals surface area contributed by atoms with Gasteiger partial charge in [0.1, 0.15) is 5.69 Å². The highest BCUT2D eigenvalue weighted by atomic mass is 19.4. The maximum atomic E-state index is 12.9. The second-order valence-corrected chi connectivity index (χ2v) is 6.37. The first-order valence-corrected chi connectivity index (χ1v) is 8.64. The normalized spacial score (nSPS) is 15.4. The Morgan fingerprint density at radius 3 is 2.54 bits per heavy atom. The van der Waals surface area contributed by atoms with Crippen LogP contribution in [0.2, 0.25) is 0 Å². The smallest absolute Gasteiger partial charge is 0.417 e. The zero-order valence-corrected chi connectivity index (χ0v) is 14.6. The van der Waals surface area contributed by atoms with E-state index in [1.54, 1.807) is 0 Å². The van der Waals surface area contributed by atoms with Crippen LogP contribution in [0.4, 0.5) is 27.6 Å². The van der Waals surface area contributed by atoms with E-state index in [2.05, 4.69) is 26.7 Å². The van der Waals surface area contributed by atoms with Crippen molar-refractivity contribution in [1.29, 1.82) is 0 Å². The fraction of sp³-hybridized carbons (Fsp3) is 0.444. The van der Waals surface area contributed by atoms with E-state index in [4.69, 9.17) is 5.73 Å². The molecule has 0 radical (unpaired) electrons. The molecule has 2 heterocycles. The third-order valence-electron chi connectivity index (χ3n) is 4.31. The molecule has 0 spiro atoms. The lowest BCUT2D eigenvalue weighted by molar-refractivity contribution is -0.141. The van der Waals surface area contributed by atoms with Gasteiger partial charge < -0.3 is 10.5 Å². The van der Waals surface area contributed by atoms with Crippen LogP contribution >= 0.6 is 0 Å². The molecule has 10 heteroatoms. The molecule has 150 valence electrons. The average Bonchev–Trinajstić information content (AvgIpc) is 3.05. The van der Waals surface area contributed by atoms with E-state index < -0.39 is 24.4 Å². The second-order valence-electron chi connectivity index (χ2n) is 6.37. The summed E-state index contributed by atoms with van der Waals surface area (Å²) in [7, 11) is 0. The Kier molecular flexibility index (Phi) is 5.72. The molecule has 1 aliphatic rings. The lowest BCUT2D eigenvalue weighted by atomic mass is 9.90. The molecule has 3 rings (SSSR count). The lowest BCUT2D eigenvalue weighted by Crippen LogP contribution is -2.11. The van der Waals surface area contributed by atoms with Crippen molar-refractivity contribution in [1.82, 2.24) is 14.8 Å². The maximum absolute atomic E-state index is 12.9. The summed E-state index contributed by atoms with van der Waals surface area (Å²) < 4.78 is 68.7. The van der Waals surface area contributed by atoms with Crippen LogP contribution in [0.1, 0.15) is 43.5 Å². The average molecular weight is 400 g/mol. The van der Waals surface area contributed by atoms with Gasteiger partial charge in [-0.25, -0.2) is 4.98 Å². The minimum Gasteiger partial charge on any atom is -0.417 e. The molecule has 0 aliphatic heterocycles. The molecular weight excluding hydrogens is 383 g/mol. The van der Waals surface area contributed by atoms with Gasteiger partial charge in [-0.15, -0.1) is 0 Å². The quantitative estimate of drug-likeness (QED) is 0.613. The summed E-state index contributed by atoms with van der Waals surface area (Å²) in [4.78, 5) is 4.10. The van der Waals surface area contributed by atoms with Crippen molar-refractivity contribution in [3.05, 3.63) is 29.6 Å². The largest absolute Gasteiger partial charge is 0.435 e. The number of nitrogen functional groups attached to an aromatic ring is 1. The highest BCUT2D eigenvalue weighted by Crippen LogP contribution is 2.32. The van der Waals surface area contributed by atoms with Gasteiger partial charge in [-0.3, -0.25) is 0 Å². The molecule has 0 saturated heterocycles. The number of alkyl halides is 5. The van der Waals surface area contributed by atoms with Gasteiger partial charge >= 0.3 is 12.8 Å². The molecule has 2 N–H and O–H groups in total. The van der Waals surface area contributed by atoms with Gasteiger partial charge in [-0.2, -0.15) is 31.7 Å². The standard InChI is InChI=1S/C18H17F5N4O/c19-17(20)28-16-10-14(18(21,22)23)26-27(16)15-9-7-12(24)13(25-15)8-6-11-4-2-1-3-5-11/h7,9-11,17H,1-5,24H2. The van der Waals surface area contributed by atoms with Crippen LogP contribution in [0.3, 0.4) is 0 Å². The molecule has 2 aromatic rings. The molecule has 0 amide bonds. The summed E-state index contributed by atoms with van der Waals surface area (Å²) >= 11 is 0. The van der Waals surface area contributed by atoms with Crippen LogP contribution in [-0.4, -0.2) is 21.4 Å². The van der Waals surface area contributed by atoms with E-state index >= 15 is 0 Å². The SMILES string of the molecule is Nc1ccc(-n2nc(C(F)(F)F)cc2OC(F)F)nc1C#CC1CCCCC1. The molecule has 5 nitrogen and oxygen atoms in total. The number of ether oxygens (including phenoxy) is 1. The van der Waals surface area contributed by atoms with Gasteiger partial charge in [0.05, 0.1) is 5.69 Å². The Balaban J connectivity index is 1.97. The van der Waals surface area contributed by atoms with E-state index in [1.165, 1.54) is 18.6 Å². The maximum Gasteiger partial charge on any atom is 0.435 e. The summed E-state index contributed by atoms with van der Waals surface area (Å²) in [5.41, 5.74) is 4.85. The topological polar surface area (TPSA) is 66.0 Å². The van der Waals surface area contributed by atoms with Crippen molar-refractivity contribution in [2.45, 2.75) is 44.9 Å². The zero-order valence-electron chi connectivity index (χ0n) is 14.6. The number of hydrogen-bond acceptors (Lipinski definition) is 4. The Morgan fingerprint density at radius 1 is 1.18 bits per heavy atom. The van der Waals surface area contributed by atoms with Crippen molar-refractivity contribution in [2.75, 3.05) is 5.73 Å². The van der Waals surface area contributed by atoms with Crippen molar-refractivity contribution in [3.8, 4) is 23.5 Å². The summed E-state index contributed by atoms with van der Waals surface area (Å²) in [5, 5.41) is 3.31. The first-order chi connectivity index (χ1) is 13.2. The van der Waals surface area contributed by atoms with E-state index in [0.29, 0.717) is 10.7 Å². The molecule has 0 bridgehead atoms. The summed E-state index contributed by atoms with van der Waals surface area (Å²) in [6, 6.07) is 3.03. The van der Waals surface area contributed by atoms with Crippen molar-refractivity contribution < 1.29 is 26.7 Å². The molecule has 28 heavy (non-hydrogen) atoms. The van der Waals surface area contributed by atoms with E-state index in [0.717, 1.165) is 25.7 Å². The molecule has 2 aromatic heterocycles. The van der Waals surface area contributed by atoms with Crippen LogP contribution < -0.4 is 10.5 Å². The monoisotopic (exact) mass is 400 g/mol. The van der Waals surface area contributed by atoms with Crippen molar-refractivity contribution in [2.24, 2.45) is 5.92 Å². The van der Waals surface area contributed by atoms with Crippen LogP contribution in [0.15, 0.2) is 18.2 Å². The zero-order chi connectivity index (χ0) is 20.3. The van der Waals surface area contributed by atoms with Gasteiger partial charge in [-0.1, -0.05) is 25.2 Å². The van der Waals surface area contributed by atoms with Crippen LogP contribution in [0, 0.1) is 17.8 Å². The van der Waals surface area contributed by atoms with E-state index in [1.807, 2.05) is 0 Å². The minimum atomic E-state index is -4.83. The summed E-state index contributed by atoms with van der Waals surface area (Å²) in [6.07, 6.45) is 0.444. The van der Waals surface area contributed by atoms with Gasteiger partial charge in [0.2, 0.25) is 5.88 Å². The Hall–Kier alpha value is -2.83. The van der Waals surface area contributed by atoms with E-state index in [-0.39, 0.29) is 23.1 Å². The Morgan fingerprint density at radius 2 is 1.89 bits per heavy atom. The van der Waals surface area contributed by atoms with Gasteiger partial charge in [-0.05, 0) is 30.9 Å². The fourth-order valence-electron chi connectivity index (χ4n) is 2.94. The molecule has 1 aliphatic carbocycles. The van der Waals surface area contributed by atoms with E-state index in [9.17, 15) is 22.0 Å². The van der Waals surface area contributed by atoms with Crippen LogP contribution in [-0.2, 0) is 6.18 Å². The van der Waals surface area contributed by atoms with Gasteiger partial charge in [0.15, 0.2) is 11.5 Å². The number of hydrogen-bond donors (Lipinski definition) is 1. The number of anilines is 1. The van der Waals surface area contributed by atoms with Crippen LogP contribution in [0.25, 0.3) is 5.82 Å². The second kappa shape index (κ2) is 8.04. The van der Waals surface area contributed by atoms with Gasteiger partial charge in [0, 0.05) is 12.0 Å². The Bertz CT molecular complexity index is 892. The number of rotatable bonds is 3. The number of aromatic nitrogens is 3. The highest BCUT2D eigenvalue weighted by Gasteiger charge is 2.36. The summed E-state index contributed by atoms with van der Waals surface area (Å²) in [6.45, 7) is -3.32. The third kappa shape index (κ3) is 4.71. The van der Waals surface area contributed by atoms with Crippen molar-refractivity contribution in [3.63, 3.8) is 0 Å². The molecule has 1 fully saturated rings. The predicted octanol–water partition coefficient (Wildman–Crippen LogP) is 4.40. The molecule has 0 aromatic carbocycles. The molecular formula is C18H17F5N4O. The number of nitrogens with zero attached hydrogens (tertiary/aromatic N) is 3. The number of halogens is 5.